The van der Waals surface area contributed by atoms with E-state index in [1.165, 1.54) is 6.08 Å². The quantitative estimate of drug-likeness (QED) is 0.212. The standard InChI is InChI=1S/C15H12O2.C8H10Cl2.Rh/c16-14(12-7-3-1-4-8-12)11-15(17)13-9-5-2-6-10-13;9-7-3-1-2-4-8(10)6-5-7;/h1-11,16H;3-4H,1-2,5-6H2;/b14-11-;;. The van der Waals surface area contributed by atoms with Gasteiger partial charge in [0.1, 0.15) is 5.76 Å². The van der Waals surface area contributed by atoms with E-state index in [0.29, 0.717) is 11.1 Å². The molecule has 0 atom stereocenters. The van der Waals surface area contributed by atoms with E-state index < -0.39 is 0 Å². The number of rotatable bonds is 3. The molecule has 1 saturated carbocycles. The van der Waals surface area contributed by atoms with Gasteiger partial charge in [0.15, 0.2) is 5.78 Å². The van der Waals surface area contributed by atoms with E-state index >= 15 is 0 Å². The maximum atomic E-state index is 11.8. The molecule has 5 radical (unpaired) electrons. The minimum atomic E-state index is -0.202. The third-order valence-electron chi connectivity index (χ3n) is 3.90. The van der Waals surface area contributed by atoms with Crippen LogP contribution in [0.1, 0.15) is 41.6 Å². The van der Waals surface area contributed by atoms with Gasteiger partial charge in [-0.25, -0.2) is 0 Å². The van der Waals surface area contributed by atoms with Gasteiger partial charge in [-0.05, 0) is 38.5 Å². The summed E-state index contributed by atoms with van der Waals surface area (Å²) in [6.45, 7) is 0. The molecule has 0 bridgehead atoms. The minimum absolute atomic E-state index is 0. The summed E-state index contributed by atoms with van der Waals surface area (Å²) in [5.74, 6) is -0.216. The van der Waals surface area contributed by atoms with E-state index in [1.807, 2.05) is 24.3 Å². The molecule has 149 valence electrons. The van der Waals surface area contributed by atoms with Crippen molar-refractivity contribution in [3.05, 3.63) is 101 Å². The molecule has 0 spiro atoms. The number of hydrogen-bond acceptors (Lipinski definition) is 2. The Morgan fingerprint density at radius 1 is 0.786 bits per heavy atom. The maximum Gasteiger partial charge on any atom is 0.189 e. The van der Waals surface area contributed by atoms with Gasteiger partial charge in [0.25, 0.3) is 0 Å². The Hall–Kier alpha value is -1.15. The first kappa shape index (κ1) is 24.9. The predicted molar refractivity (Wildman–Crippen MR) is 113 cm³/mol. The first-order chi connectivity index (χ1) is 13.1. The van der Waals surface area contributed by atoms with E-state index in [9.17, 15) is 9.90 Å². The van der Waals surface area contributed by atoms with Crippen LogP contribution in [0.3, 0.4) is 0 Å². The molecular weight excluding hydrogens is 482 g/mol. The van der Waals surface area contributed by atoms with Gasteiger partial charge in [-0.2, -0.15) is 0 Å². The zero-order chi connectivity index (χ0) is 19.5. The summed E-state index contributed by atoms with van der Waals surface area (Å²) in [4.78, 5) is 11.8. The molecule has 2 aromatic carbocycles. The van der Waals surface area contributed by atoms with Crippen LogP contribution in [0.15, 0.2) is 66.7 Å². The van der Waals surface area contributed by atoms with Gasteiger partial charge >= 0.3 is 0 Å². The molecule has 3 rings (SSSR count). The Balaban J connectivity index is 0.000000307. The molecule has 1 fully saturated rings. The smallest absolute Gasteiger partial charge is 0.189 e. The number of hydrogen-bond donors (Lipinski definition) is 1. The van der Waals surface area contributed by atoms with Gasteiger partial charge in [0.05, 0.1) is 10.8 Å². The molecule has 0 saturated heterocycles. The van der Waals surface area contributed by atoms with Gasteiger partial charge in [0, 0.05) is 36.7 Å². The summed E-state index contributed by atoms with van der Waals surface area (Å²) in [7, 11) is 0. The summed E-state index contributed by atoms with van der Waals surface area (Å²) < 4.78 is 0. The van der Waals surface area contributed by atoms with E-state index in [-0.39, 0.29) is 31.0 Å². The third-order valence-corrected chi connectivity index (χ3v) is 4.58. The van der Waals surface area contributed by atoms with Crippen LogP contribution in [0.5, 0.6) is 0 Å². The van der Waals surface area contributed by atoms with Crippen molar-refractivity contribution in [3.8, 4) is 0 Å². The molecule has 1 aliphatic carbocycles. The third kappa shape index (κ3) is 9.37. The molecule has 1 aliphatic rings. The van der Waals surface area contributed by atoms with Gasteiger partial charge in [-0.15, -0.1) is 23.2 Å². The number of carbonyl (C=O) groups is 1. The van der Waals surface area contributed by atoms with Crippen LogP contribution in [0.25, 0.3) is 5.76 Å². The average molecular weight is 504 g/mol. The second-order valence-corrected chi connectivity index (χ2v) is 6.98. The minimum Gasteiger partial charge on any atom is -0.507 e. The van der Waals surface area contributed by atoms with Gasteiger partial charge in [-0.3, -0.25) is 4.79 Å². The molecule has 0 aromatic heterocycles. The van der Waals surface area contributed by atoms with Crippen molar-refractivity contribution in [1.82, 2.24) is 0 Å². The van der Waals surface area contributed by atoms with Crippen molar-refractivity contribution in [2.45, 2.75) is 25.7 Å². The zero-order valence-corrected chi connectivity index (χ0v) is 18.4. The molecule has 0 heterocycles. The topological polar surface area (TPSA) is 37.3 Å². The summed E-state index contributed by atoms with van der Waals surface area (Å²) in [5.41, 5.74) is 1.20. The molecule has 1 N–H and O–H groups in total. The first-order valence-electron chi connectivity index (χ1n) is 8.81. The van der Waals surface area contributed by atoms with Crippen molar-refractivity contribution in [3.63, 3.8) is 0 Å². The normalized spacial score (nSPS) is 16.0. The van der Waals surface area contributed by atoms with E-state index in [4.69, 9.17) is 23.2 Å². The van der Waals surface area contributed by atoms with Crippen LogP contribution < -0.4 is 0 Å². The largest absolute Gasteiger partial charge is 0.507 e. The number of aliphatic hydroxyl groups excluding tert-OH is 1. The first-order valence-corrected chi connectivity index (χ1v) is 9.56. The van der Waals surface area contributed by atoms with E-state index in [0.717, 1.165) is 36.4 Å². The number of allylic oxidation sites excluding steroid dienone is 1. The predicted octanol–water partition coefficient (Wildman–Crippen LogP) is 6.98. The van der Waals surface area contributed by atoms with Crippen LogP contribution >= 0.6 is 23.2 Å². The summed E-state index contributed by atoms with van der Waals surface area (Å²) >= 11 is 11.7. The van der Waals surface area contributed by atoms with E-state index in [1.54, 1.807) is 36.4 Å². The van der Waals surface area contributed by atoms with Gasteiger partial charge < -0.3 is 5.11 Å². The molecule has 2 nitrogen and oxygen atoms in total. The van der Waals surface area contributed by atoms with Crippen LogP contribution in [0.2, 0.25) is 0 Å². The molecule has 5 heteroatoms. The average Bonchev–Trinajstić information content (AvgIpc) is 2.70. The fourth-order valence-electron chi connectivity index (χ4n) is 2.43. The summed E-state index contributed by atoms with van der Waals surface area (Å²) in [5, 5.41) is 11.7. The molecule has 0 amide bonds. The Morgan fingerprint density at radius 3 is 1.68 bits per heavy atom. The second-order valence-electron chi connectivity index (χ2n) is 6.01. The fraction of sp³-hybridized carbons (Fsp3) is 0.174. The van der Waals surface area contributed by atoms with Crippen molar-refractivity contribution in [2.75, 3.05) is 0 Å². The number of aliphatic hydroxyl groups is 1. The van der Waals surface area contributed by atoms with Crippen molar-refractivity contribution >= 4 is 34.7 Å². The van der Waals surface area contributed by atoms with Crippen LogP contribution in [-0.4, -0.2) is 10.9 Å². The summed E-state index contributed by atoms with van der Waals surface area (Å²) in [6, 6.07) is 17.9. The van der Waals surface area contributed by atoms with Crippen molar-refractivity contribution in [1.29, 1.82) is 0 Å². The monoisotopic (exact) mass is 503 g/mol. The number of benzene rings is 2. The molecule has 28 heavy (non-hydrogen) atoms. The Labute approximate surface area is 190 Å². The molecular formula is C23H22Cl2O2Rh. The van der Waals surface area contributed by atoms with Crippen LogP contribution in [0.4, 0.5) is 0 Å². The number of ketones is 1. The van der Waals surface area contributed by atoms with Crippen LogP contribution in [-0.2, 0) is 19.5 Å². The van der Waals surface area contributed by atoms with Crippen molar-refractivity contribution in [2.24, 2.45) is 0 Å². The number of carbonyl (C=O) groups excluding carboxylic acids is 1. The number of halogens is 2. The van der Waals surface area contributed by atoms with Gasteiger partial charge in [0.2, 0.25) is 0 Å². The van der Waals surface area contributed by atoms with Gasteiger partial charge in [-0.1, -0.05) is 60.7 Å². The second kappa shape index (κ2) is 13.9. The maximum absolute atomic E-state index is 11.8. The molecule has 0 unspecified atom stereocenters. The molecule has 0 aliphatic heterocycles. The van der Waals surface area contributed by atoms with E-state index in [2.05, 4.69) is 12.8 Å². The summed E-state index contributed by atoms with van der Waals surface area (Å²) in [6.07, 6.45) is 9.23. The van der Waals surface area contributed by atoms with Crippen molar-refractivity contribution < 1.29 is 29.4 Å². The fourth-order valence-corrected chi connectivity index (χ4v) is 2.83. The zero-order valence-electron chi connectivity index (χ0n) is 15.3. The Kier molecular flexibility index (Phi) is 12.4. The Bertz CT molecular complexity index is 708. The molecule has 2 aromatic rings. The Morgan fingerprint density at radius 2 is 1.21 bits per heavy atom. The van der Waals surface area contributed by atoms with Crippen LogP contribution in [0, 0.1) is 23.6 Å². The SMILES string of the molecule is Cl[C]1[CH]CC[CH][C](Cl)CC1.O=C(/C=C(\O)c1ccccc1)c1ccccc1.[Rh].